The molecule has 0 unspecified atom stereocenters. The molecule has 0 aliphatic heterocycles. The maximum atomic E-state index is 5.63. The molecule has 0 amide bonds. The van der Waals surface area contributed by atoms with Gasteiger partial charge in [-0.3, -0.25) is 0 Å². The summed E-state index contributed by atoms with van der Waals surface area (Å²) >= 11 is 0. The molecule has 0 spiro atoms. The monoisotopic (exact) mass is 244 g/mol. The number of pyridine rings is 1. The highest BCUT2D eigenvalue weighted by Crippen LogP contribution is 2.08. The number of rotatable bonds is 5. The van der Waals surface area contributed by atoms with Crippen molar-refractivity contribution in [2.75, 3.05) is 11.1 Å². The molecular weight excluding hydrogens is 224 g/mol. The van der Waals surface area contributed by atoms with E-state index in [1.54, 1.807) is 6.07 Å². The van der Waals surface area contributed by atoms with Gasteiger partial charge in [0, 0.05) is 6.20 Å². The Labute approximate surface area is 108 Å². The van der Waals surface area contributed by atoms with Crippen molar-refractivity contribution in [3.63, 3.8) is 0 Å². The van der Waals surface area contributed by atoms with E-state index in [2.05, 4.69) is 35.7 Å². The molecule has 0 radical (unpaired) electrons. The van der Waals surface area contributed by atoms with Gasteiger partial charge in [-0.1, -0.05) is 31.6 Å². The van der Waals surface area contributed by atoms with Crippen LogP contribution in [0.5, 0.6) is 0 Å². The lowest BCUT2D eigenvalue weighted by molar-refractivity contribution is 0.907. The van der Waals surface area contributed by atoms with E-state index in [1.807, 2.05) is 18.2 Å². The predicted octanol–water partition coefficient (Wildman–Crippen LogP) is 3.36. The van der Waals surface area contributed by atoms with Crippen molar-refractivity contribution < 1.29 is 0 Å². The van der Waals surface area contributed by atoms with E-state index in [0.717, 1.165) is 12.8 Å². The highest BCUT2D eigenvalue weighted by atomic mass is 15.1. The summed E-state index contributed by atoms with van der Waals surface area (Å²) in [5.41, 5.74) is 6.89. The number of aromatic nitrogens is 1. The van der Waals surface area contributed by atoms with E-state index in [4.69, 9.17) is 5.73 Å². The quantitative estimate of drug-likeness (QED) is 0.616. The first-order valence-electron chi connectivity index (χ1n) is 6.01. The van der Waals surface area contributed by atoms with Crippen LogP contribution in [0.1, 0.15) is 26.7 Å². The fourth-order valence-electron chi connectivity index (χ4n) is 1.56. The van der Waals surface area contributed by atoms with Gasteiger partial charge in [0.05, 0.1) is 0 Å². The second-order valence-electron chi connectivity index (χ2n) is 4.01. The van der Waals surface area contributed by atoms with Crippen LogP contribution in [0.25, 0.3) is 0 Å². The third-order valence-electron chi connectivity index (χ3n) is 2.28. The number of nitrogen functional groups attached to an aromatic ring is 1. The SMILES string of the molecule is C=CN=C(/C=C(\C)CCC)Nc1cccc(N)n1. The molecule has 4 nitrogen and oxygen atoms in total. The van der Waals surface area contributed by atoms with Gasteiger partial charge in [0.25, 0.3) is 0 Å². The van der Waals surface area contributed by atoms with Crippen LogP contribution in [0.3, 0.4) is 0 Å². The largest absolute Gasteiger partial charge is 0.384 e. The van der Waals surface area contributed by atoms with E-state index in [0.29, 0.717) is 17.5 Å². The molecule has 3 N–H and O–H groups in total. The molecule has 1 aromatic rings. The van der Waals surface area contributed by atoms with E-state index in [1.165, 1.54) is 11.8 Å². The van der Waals surface area contributed by atoms with Crippen LogP contribution >= 0.6 is 0 Å². The normalized spacial score (nSPS) is 12.3. The third-order valence-corrected chi connectivity index (χ3v) is 2.28. The summed E-state index contributed by atoms with van der Waals surface area (Å²) in [6.07, 6.45) is 5.66. The summed E-state index contributed by atoms with van der Waals surface area (Å²) in [7, 11) is 0. The molecule has 4 heteroatoms. The number of allylic oxidation sites excluding steroid dienone is 1. The van der Waals surface area contributed by atoms with E-state index in [9.17, 15) is 0 Å². The van der Waals surface area contributed by atoms with Gasteiger partial charge in [0.15, 0.2) is 0 Å². The van der Waals surface area contributed by atoms with E-state index >= 15 is 0 Å². The van der Waals surface area contributed by atoms with Crippen molar-refractivity contribution in [3.8, 4) is 0 Å². The van der Waals surface area contributed by atoms with Gasteiger partial charge in [-0.15, -0.1) is 0 Å². The van der Waals surface area contributed by atoms with Gasteiger partial charge in [-0.25, -0.2) is 9.98 Å². The minimum absolute atomic E-state index is 0.479. The molecule has 0 aromatic carbocycles. The second-order valence-corrected chi connectivity index (χ2v) is 4.01. The molecule has 1 heterocycles. The molecule has 96 valence electrons. The number of anilines is 2. The third kappa shape index (κ3) is 4.82. The molecule has 0 aliphatic rings. The predicted molar refractivity (Wildman–Crippen MR) is 78.6 cm³/mol. The summed E-state index contributed by atoms with van der Waals surface area (Å²) in [6, 6.07) is 5.43. The van der Waals surface area contributed by atoms with Crippen molar-refractivity contribution in [2.24, 2.45) is 4.99 Å². The minimum atomic E-state index is 0.479. The highest BCUT2D eigenvalue weighted by Gasteiger charge is 1.99. The van der Waals surface area contributed by atoms with Crippen LogP contribution in [0.2, 0.25) is 0 Å². The Kier molecular flexibility index (Phi) is 5.64. The number of nitrogens with one attached hydrogen (secondary N) is 1. The van der Waals surface area contributed by atoms with Gasteiger partial charge in [-0.05, 0) is 31.6 Å². The highest BCUT2D eigenvalue weighted by molar-refractivity contribution is 6.04. The Morgan fingerprint density at radius 1 is 1.56 bits per heavy atom. The van der Waals surface area contributed by atoms with Crippen molar-refractivity contribution in [2.45, 2.75) is 26.7 Å². The Bertz CT molecular complexity index is 461. The van der Waals surface area contributed by atoms with Crippen molar-refractivity contribution >= 4 is 17.5 Å². The average molecular weight is 244 g/mol. The zero-order chi connectivity index (χ0) is 13.4. The van der Waals surface area contributed by atoms with Crippen LogP contribution in [-0.2, 0) is 0 Å². The van der Waals surface area contributed by atoms with Gasteiger partial charge < -0.3 is 11.1 Å². The lowest BCUT2D eigenvalue weighted by Gasteiger charge is -2.07. The number of hydrogen-bond acceptors (Lipinski definition) is 3. The summed E-state index contributed by atoms with van der Waals surface area (Å²) in [6.45, 7) is 7.84. The Hall–Kier alpha value is -2.10. The number of amidine groups is 1. The van der Waals surface area contributed by atoms with Crippen molar-refractivity contribution in [1.82, 2.24) is 4.98 Å². The Morgan fingerprint density at radius 3 is 2.94 bits per heavy atom. The Morgan fingerprint density at radius 2 is 2.33 bits per heavy atom. The van der Waals surface area contributed by atoms with Crippen molar-refractivity contribution in [3.05, 3.63) is 42.6 Å². The second kappa shape index (κ2) is 7.27. The van der Waals surface area contributed by atoms with Gasteiger partial charge >= 0.3 is 0 Å². The molecular formula is C14H20N4. The molecule has 1 rings (SSSR count). The van der Waals surface area contributed by atoms with Crippen molar-refractivity contribution in [1.29, 1.82) is 0 Å². The first kappa shape index (κ1) is 14.0. The molecule has 0 fully saturated rings. The maximum Gasteiger partial charge on any atom is 0.133 e. The molecule has 1 aromatic heterocycles. The lowest BCUT2D eigenvalue weighted by Crippen LogP contribution is -2.11. The van der Waals surface area contributed by atoms with Gasteiger partial charge in [0.1, 0.15) is 17.5 Å². The zero-order valence-corrected chi connectivity index (χ0v) is 11.0. The molecule has 0 aliphatic carbocycles. The van der Waals surface area contributed by atoms with E-state index in [-0.39, 0.29) is 0 Å². The summed E-state index contributed by atoms with van der Waals surface area (Å²) in [5, 5.41) is 3.12. The van der Waals surface area contributed by atoms with Gasteiger partial charge in [-0.2, -0.15) is 0 Å². The molecule has 0 saturated heterocycles. The van der Waals surface area contributed by atoms with Crippen LogP contribution in [0.15, 0.2) is 47.6 Å². The molecule has 0 bridgehead atoms. The van der Waals surface area contributed by atoms with Crippen LogP contribution < -0.4 is 11.1 Å². The fourth-order valence-corrected chi connectivity index (χ4v) is 1.56. The number of aliphatic imine (C=N–C) groups is 1. The minimum Gasteiger partial charge on any atom is -0.384 e. The summed E-state index contributed by atoms with van der Waals surface area (Å²) in [4.78, 5) is 8.35. The van der Waals surface area contributed by atoms with Gasteiger partial charge in [0.2, 0.25) is 0 Å². The van der Waals surface area contributed by atoms with Crippen LogP contribution in [0, 0.1) is 0 Å². The smallest absolute Gasteiger partial charge is 0.133 e. The first-order valence-corrected chi connectivity index (χ1v) is 6.01. The first-order chi connectivity index (χ1) is 8.65. The summed E-state index contributed by atoms with van der Waals surface area (Å²) in [5.74, 6) is 1.87. The summed E-state index contributed by atoms with van der Waals surface area (Å²) < 4.78 is 0. The lowest BCUT2D eigenvalue weighted by atomic mass is 10.1. The Balaban J connectivity index is 2.85. The van der Waals surface area contributed by atoms with Crippen LogP contribution in [0.4, 0.5) is 11.6 Å². The standard InChI is InChI=1S/C14H20N4/c1-4-7-11(3)10-14(16-5-2)18-13-9-6-8-12(15)17-13/h5-6,8-10H,2,4,7H2,1,3H3,(H3,15,16,17,18)/b11-10+. The molecule has 0 saturated carbocycles. The average Bonchev–Trinajstić information content (AvgIpc) is 2.29. The fraction of sp³-hybridized carbons (Fsp3) is 0.286. The molecule has 18 heavy (non-hydrogen) atoms. The zero-order valence-electron chi connectivity index (χ0n) is 11.0. The number of nitrogens with two attached hydrogens (primary N) is 1. The maximum absolute atomic E-state index is 5.63. The van der Waals surface area contributed by atoms with E-state index < -0.39 is 0 Å². The van der Waals surface area contributed by atoms with Crippen LogP contribution in [-0.4, -0.2) is 10.8 Å². The number of hydrogen-bond donors (Lipinski definition) is 2. The topological polar surface area (TPSA) is 63.3 Å². The molecule has 0 atom stereocenters. The number of nitrogens with zero attached hydrogens (tertiary/aromatic N) is 2.